The molecule has 1 saturated carbocycles. The third kappa shape index (κ3) is 1.88. The van der Waals surface area contributed by atoms with Crippen molar-refractivity contribution in [1.82, 2.24) is 10.1 Å². The van der Waals surface area contributed by atoms with Gasteiger partial charge in [0.25, 0.3) is 0 Å². The molecule has 0 atom stereocenters. The van der Waals surface area contributed by atoms with E-state index in [0.29, 0.717) is 11.7 Å². The van der Waals surface area contributed by atoms with Gasteiger partial charge in [-0.15, -0.1) is 0 Å². The number of nitrogens with zero attached hydrogens (tertiary/aromatic N) is 2. The maximum atomic E-state index is 6.17. The van der Waals surface area contributed by atoms with Crippen LogP contribution in [0, 0.1) is 6.92 Å². The van der Waals surface area contributed by atoms with Crippen molar-refractivity contribution in [3.05, 3.63) is 11.7 Å². The summed E-state index contributed by atoms with van der Waals surface area (Å²) in [5, 5.41) is 3.75. The summed E-state index contributed by atoms with van der Waals surface area (Å²) >= 11 is 0. The standard InChI is InChI=1S/C9H15N3O/c1-7-11-8(13-12-7)6-9(10)4-2-3-5-9/h2-6,10H2,1H3. The minimum absolute atomic E-state index is 0.0844. The van der Waals surface area contributed by atoms with E-state index in [2.05, 4.69) is 10.1 Å². The van der Waals surface area contributed by atoms with E-state index in [1.54, 1.807) is 0 Å². The Morgan fingerprint density at radius 2 is 2.15 bits per heavy atom. The summed E-state index contributed by atoms with van der Waals surface area (Å²) in [7, 11) is 0. The Bertz CT molecular complexity index is 289. The molecule has 0 bridgehead atoms. The minimum atomic E-state index is -0.0844. The van der Waals surface area contributed by atoms with Crippen molar-refractivity contribution in [1.29, 1.82) is 0 Å². The molecule has 0 spiro atoms. The number of aromatic nitrogens is 2. The molecular formula is C9H15N3O. The summed E-state index contributed by atoms with van der Waals surface area (Å²) in [6.07, 6.45) is 5.34. The molecular weight excluding hydrogens is 166 g/mol. The lowest BCUT2D eigenvalue weighted by molar-refractivity contribution is 0.327. The van der Waals surface area contributed by atoms with Gasteiger partial charge in [0.2, 0.25) is 5.89 Å². The Hall–Kier alpha value is -0.900. The first-order valence-corrected chi connectivity index (χ1v) is 4.76. The maximum absolute atomic E-state index is 6.17. The molecule has 1 aliphatic rings. The summed E-state index contributed by atoms with van der Waals surface area (Å²) in [6.45, 7) is 1.82. The van der Waals surface area contributed by atoms with E-state index in [4.69, 9.17) is 10.3 Å². The summed E-state index contributed by atoms with van der Waals surface area (Å²) in [6, 6.07) is 0. The van der Waals surface area contributed by atoms with Crippen molar-refractivity contribution in [2.75, 3.05) is 0 Å². The highest BCUT2D eigenvalue weighted by atomic mass is 16.5. The van der Waals surface area contributed by atoms with E-state index < -0.39 is 0 Å². The molecule has 2 N–H and O–H groups in total. The van der Waals surface area contributed by atoms with Crippen molar-refractivity contribution < 1.29 is 4.52 Å². The molecule has 72 valence electrons. The van der Waals surface area contributed by atoms with Crippen LogP contribution in [-0.2, 0) is 6.42 Å². The van der Waals surface area contributed by atoms with E-state index >= 15 is 0 Å². The number of aryl methyl sites for hydroxylation is 1. The quantitative estimate of drug-likeness (QED) is 0.744. The van der Waals surface area contributed by atoms with Gasteiger partial charge in [-0.25, -0.2) is 0 Å². The number of hydrogen-bond acceptors (Lipinski definition) is 4. The van der Waals surface area contributed by atoms with E-state index in [0.717, 1.165) is 19.3 Å². The van der Waals surface area contributed by atoms with Crippen LogP contribution in [0.15, 0.2) is 4.52 Å². The topological polar surface area (TPSA) is 64.9 Å². The van der Waals surface area contributed by atoms with Crippen LogP contribution < -0.4 is 5.73 Å². The molecule has 1 aliphatic carbocycles. The number of rotatable bonds is 2. The summed E-state index contributed by atoms with van der Waals surface area (Å²) < 4.78 is 5.05. The van der Waals surface area contributed by atoms with E-state index in [-0.39, 0.29) is 5.54 Å². The molecule has 4 heteroatoms. The predicted molar refractivity (Wildman–Crippen MR) is 48.1 cm³/mol. The molecule has 0 unspecified atom stereocenters. The molecule has 1 heterocycles. The first kappa shape index (κ1) is 8.69. The van der Waals surface area contributed by atoms with Gasteiger partial charge in [-0.1, -0.05) is 18.0 Å². The smallest absolute Gasteiger partial charge is 0.228 e. The molecule has 4 nitrogen and oxygen atoms in total. The van der Waals surface area contributed by atoms with Gasteiger partial charge >= 0.3 is 0 Å². The summed E-state index contributed by atoms with van der Waals surface area (Å²) in [4.78, 5) is 4.16. The Morgan fingerprint density at radius 3 is 2.69 bits per heavy atom. The van der Waals surface area contributed by atoms with Crippen LogP contribution in [-0.4, -0.2) is 15.7 Å². The molecule has 2 rings (SSSR count). The van der Waals surface area contributed by atoms with Crippen molar-refractivity contribution >= 4 is 0 Å². The molecule has 0 aliphatic heterocycles. The lowest BCUT2D eigenvalue weighted by Gasteiger charge is -2.20. The first-order chi connectivity index (χ1) is 6.18. The number of hydrogen-bond donors (Lipinski definition) is 1. The summed E-state index contributed by atoms with van der Waals surface area (Å²) in [5.41, 5.74) is 6.09. The molecule has 0 aromatic carbocycles. The fourth-order valence-corrected chi connectivity index (χ4v) is 1.97. The van der Waals surface area contributed by atoms with Gasteiger partial charge in [0.15, 0.2) is 5.82 Å². The third-order valence-electron chi connectivity index (χ3n) is 2.67. The Labute approximate surface area is 77.5 Å². The zero-order chi connectivity index (χ0) is 9.31. The molecule has 1 aromatic heterocycles. The normalized spacial score (nSPS) is 20.8. The number of nitrogens with two attached hydrogens (primary N) is 1. The second-order valence-electron chi connectivity index (χ2n) is 3.98. The van der Waals surface area contributed by atoms with Crippen molar-refractivity contribution in [2.24, 2.45) is 5.73 Å². The fraction of sp³-hybridized carbons (Fsp3) is 0.778. The fourth-order valence-electron chi connectivity index (χ4n) is 1.97. The average molecular weight is 181 g/mol. The van der Waals surface area contributed by atoms with Crippen LogP contribution in [0.2, 0.25) is 0 Å². The zero-order valence-corrected chi connectivity index (χ0v) is 7.92. The van der Waals surface area contributed by atoms with Crippen molar-refractivity contribution in [2.45, 2.75) is 44.6 Å². The lowest BCUT2D eigenvalue weighted by atomic mass is 9.95. The molecule has 13 heavy (non-hydrogen) atoms. The highest BCUT2D eigenvalue weighted by Gasteiger charge is 2.31. The van der Waals surface area contributed by atoms with Gasteiger partial charge in [0.05, 0.1) is 0 Å². The summed E-state index contributed by atoms with van der Waals surface area (Å²) in [5.74, 6) is 1.37. The predicted octanol–water partition coefficient (Wildman–Crippen LogP) is 1.19. The van der Waals surface area contributed by atoms with Gasteiger partial charge in [0.1, 0.15) is 0 Å². The third-order valence-corrected chi connectivity index (χ3v) is 2.67. The van der Waals surface area contributed by atoms with E-state index in [9.17, 15) is 0 Å². The van der Waals surface area contributed by atoms with Crippen molar-refractivity contribution in [3.8, 4) is 0 Å². The van der Waals surface area contributed by atoms with Crippen LogP contribution in [0.3, 0.4) is 0 Å². The molecule has 0 amide bonds. The Morgan fingerprint density at radius 1 is 1.46 bits per heavy atom. The second kappa shape index (κ2) is 3.10. The Kier molecular flexibility index (Phi) is 2.07. The van der Waals surface area contributed by atoms with E-state index in [1.807, 2.05) is 6.92 Å². The van der Waals surface area contributed by atoms with E-state index in [1.165, 1.54) is 12.8 Å². The second-order valence-corrected chi connectivity index (χ2v) is 3.98. The van der Waals surface area contributed by atoms with Gasteiger partial charge in [-0.2, -0.15) is 4.98 Å². The largest absolute Gasteiger partial charge is 0.339 e. The van der Waals surface area contributed by atoms with Crippen LogP contribution in [0.25, 0.3) is 0 Å². The maximum Gasteiger partial charge on any atom is 0.228 e. The highest BCUT2D eigenvalue weighted by Crippen LogP contribution is 2.29. The van der Waals surface area contributed by atoms with Crippen LogP contribution >= 0.6 is 0 Å². The van der Waals surface area contributed by atoms with Gasteiger partial charge < -0.3 is 10.3 Å². The molecule has 0 saturated heterocycles. The van der Waals surface area contributed by atoms with Gasteiger partial charge in [-0.05, 0) is 19.8 Å². The van der Waals surface area contributed by atoms with Crippen LogP contribution in [0.1, 0.15) is 37.4 Å². The first-order valence-electron chi connectivity index (χ1n) is 4.76. The SMILES string of the molecule is Cc1noc(CC2(N)CCCC2)n1. The van der Waals surface area contributed by atoms with Crippen molar-refractivity contribution in [3.63, 3.8) is 0 Å². The molecule has 0 radical (unpaired) electrons. The monoisotopic (exact) mass is 181 g/mol. The zero-order valence-electron chi connectivity index (χ0n) is 7.92. The van der Waals surface area contributed by atoms with Gasteiger partial charge in [-0.3, -0.25) is 0 Å². The molecule has 1 aromatic rings. The van der Waals surface area contributed by atoms with Gasteiger partial charge in [0, 0.05) is 12.0 Å². The average Bonchev–Trinajstić information content (AvgIpc) is 2.62. The van der Waals surface area contributed by atoms with Crippen LogP contribution in [0.4, 0.5) is 0 Å². The van der Waals surface area contributed by atoms with Crippen LogP contribution in [0.5, 0.6) is 0 Å². The highest BCUT2D eigenvalue weighted by molar-refractivity contribution is 4.97. The lowest BCUT2D eigenvalue weighted by Crippen LogP contribution is -2.38. The minimum Gasteiger partial charge on any atom is -0.339 e. The molecule has 1 fully saturated rings. The Balaban J connectivity index is 2.04.